The van der Waals surface area contributed by atoms with Crippen LogP contribution in [0.4, 0.5) is 21.9 Å². The fourth-order valence-electron chi connectivity index (χ4n) is 8.72. The van der Waals surface area contributed by atoms with E-state index in [1.54, 1.807) is 24.3 Å². The predicted octanol–water partition coefficient (Wildman–Crippen LogP) is 6.14. The number of carbonyl (C=O) groups excluding carboxylic acids is 1. The van der Waals surface area contributed by atoms with Gasteiger partial charge in [-0.25, -0.2) is 17.9 Å². The van der Waals surface area contributed by atoms with Gasteiger partial charge in [0.2, 0.25) is 0 Å². The number of nitro groups is 1. The lowest BCUT2D eigenvalue weighted by Crippen LogP contribution is -2.46. The average Bonchev–Trinajstić information content (AvgIpc) is 3.53. The van der Waals surface area contributed by atoms with E-state index in [0.717, 1.165) is 73.9 Å². The van der Waals surface area contributed by atoms with Crippen LogP contribution in [0.1, 0.15) is 61.0 Å². The Morgan fingerprint density at radius 2 is 1.71 bits per heavy atom. The van der Waals surface area contributed by atoms with Crippen molar-refractivity contribution in [3.8, 4) is 0 Å². The summed E-state index contributed by atoms with van der Waals surface area (Å²) >= 11 is 0. The summed E-state index contributed by atoms with van der Waals surface area (Å²) in [6, 6.07) is 18.4. The van der Waals surface area contributed by atoms with Gasteiger partial charge in [-0.1, -0.05) is 44.2 Å². The highest BCUT2D eigenvalue weighted by atomic mass is 32.2. The third kappa shape index (κ3) is 7.65. The van der Waals surface area contributed by atoms with E-state index < -0.39 is 38.3 Å². The number of allylic oxidation sites excluding steroid dienone is 1. The first-order valence-electron chi connectivity index (χ1n) is 18.7. The SMILES string of the molecule is CC1(C)C2C=C(c3ccccc3CN3CCN(c4ccc(C(=O)NS(=O)(=O)c5ccc(NCC6CCOCC6)c([N+](=O)[O-])c5)cc4)CC3)C1(OC(=O)O)CC2. The molecule has 14 nitrogen and oxygen atoms in total. The largest absolute Gasteiger partial charge is 0.506 e. The molecule has 2 unspecified atom stereocenters. The molecule has 292 valence electrons. The molecule has 4 aliphatic rings. The Morgan fingerprint density at radius 1 is 1.00 bits per heavy atom. The highest BCUT2D eigenvalue weighted by molar-refractivity contribution is 7.90. The maximum absolute atomic E-state index is 13.2. The van der Waals surface area contributed by atoms with Crippen LogP contribution in [0, 0.1) is 27.4 Å². The molecule has 2 atom stereocenters. The van der Waals surface area contributed by atoms with E-state index >= 15 is 0 Å². The van der Waals surface area contributed by atoms with Crippen LogP contribution in [0.5, 0.6) is 0 Å². The number of carboxylic acid groups (broad SMARTS) is 1. The minimum Gasteiger partial charge on any atom is -0.450 e. The monoisotopic (exact) mass is 773 g/mol. The number of carbonyl (C=O) groups is 2. The molecule has 2 heterocycles. The van der Waals surface area contributed by atoms with E-state index in [-0.39, 0.29) is 27.5 Å². The van der Waals surface area contributed by atoms with E-state index in [4.69, 9.17) is 9.47 Å². The molecule has 0 aromatic heterocycles. The zero-order chi connectivity index (χ0) is 39.0. The molecule has 3 aromatic carbocycles. The Balaban J connectivity index is 0.956. The fourth-order valence-corrected chi connectivity index (χ4v) is 9.71. The van der Waals surface area contributed by atoms with Crippen molar-refractivity contribution in [2.24, 2.45) is 17.3 Å². The van der Waals surface area contributed by atoms with Gasteiger partial charge in [0.15, 0.2) is 0 Å². The number of hydrogen-bond acceptors (Lipinski definition) is 11. The molecule has 2 bridgehead atoms. The van der Waals surface area contributed by atoms with Crippen LogP contribution in [-0.4, -0.2) is 86.9 Å². The van der Waals surface area contributed by atoms with Crippen molar-refractivity contribution in [1.82, 2.24) is 9.62 Å². The number of anilines is 2. The zero-order valence-corrected chi connectivity index (χ0v) is 31.8. The number of fused-ring (bicyclic) bond motifs is 2. The number of ether oxygens (including phenoxy) is 2. The Morgan fingerprint density at radius 3 is 2.38 bits per heavy atom. The molecule has 3 aromatic rings. The Kier molecular flexibility index (Phi) is 10.6. The Labute approximate surface area is 320 Å². The molecule has 0 radical (unpaired) electrons. The lowest BCUT2D eigenvalue weighted by molar-refractivity contribution is -0.384. The zero-order valence-electron chi connectivity index (χ0n) is 31.0. The van der Waals surface area contributed by atoms with Crippen molar-refractivity contribution in [2.45, 2.75) is 56.6 Å². The van der Waals surface area contributed by atoms with Crippen LogP contribution >= 0.6 is 0 Å². The van der Waals surface area contributed by atoms with Crippen LogP contribution in [0.25, 0.3) is 5.57 Å². The maximum Gasteiger partial charge on any atom is 0.506 e. The lowest BCUT2D eigenvalue weighted by atomic mass is 9.73. The second-order valence-electron chi connectivity index (χ2n) is 15.4. The summed E-state index contributed by atoms with van der Waals surface area (Å²) in [4.78, 5) is 40.3. The second-order valence-corrected chi connectivity index (χ2v) is 17.1. The van der Waals surface area contributed by atoms with Gasteiger partial charge in [0, 0.05) is 80.8 Å². The van der Waals surface area contributed by atoms with Gasteiger partial charge in [0.25, 0.3) is 21.6 Å². The summed E-state index contributed by atoms with van der Waals surface area (Å²) in [7, 11) is -4.41. The van der Waals surface area contributed by atoms with Gasteiger partial charge in [-0.3, -0.25) is 19.8 Å². The number of benzene rings is 3. The van der Waals surface area contributed by atoms with Crippen LogP contribution in [-0.2, 0) is 26.0 Å². The van der Waals surface area contributed by atoms with Gasteiger partial charge in [-0.05, 0) is 85.0 Å². The molecule has 1 saturated carbocycles. The predicted molar refractivity (Wildman–Crippen MR) is 206 cm³/mol. The standard InChI is InChI=1S/C40H47N5O9S/c1-39(2)30-13-16-40(39,54-38(47)48)34(23-30)33-6-4-3-5-29(33)26-43-17-19-44(20-18-43)31-9-7-28(8-10-31)37(46)42-55(51,52)32-11-12-35(36(24-32)45(49)50)41-25-27-14-21-53-22-15-27/h3-12,23-24,27,30,41H,13-22,25-26H2,1-2H3,(H,42,46)(H,47,48). The third-order valence-electron chi connectivity index (χ3n) is 12.0. The first-order chi connectivity index (χ1) is 26.3. The quantitative estimate of drug-likeness (QED) is 0.109. The molecule has 55 heavy (non-hydrogen) atoms. The highest BCUT2D eigenvalue weighted by Gasteiger charge is 2.63. The average molecular weight is 774 g/mol. The van der Waals surface area contributed by atoms with Crippen molar-refractivity contribution >= 4 is 44.7 Å². The summed E-state index contributed by atoms with van der Waals surface area (Å²) in [5, 5.41) is 24.6. The molecule has 7 rings (SSSR count). The maximum atomic E-state index is 13.2. The van der Waals surface area contributed by atoms with E-state index in [9.17, 15) is 33.2 Å². The van der Waals surface area contributed by atoms with Crippen molar-refractivity contribution < 1.29 is 37.5 Å². The first-order valence-corrected chi connectivity index (χ1v) is 20.2. The van der Waals surface area contributed by atoms with Gasteiger partial charge in [-0.2, -0.15) is 0 Å². The molecule has 2 aliphatic carbocycles. The van der Waals surface area contributed by atoms with Gasteiger partial charge >= 0.3 is 6.16 Å². The molecular weight excluding hydrogens is 727 g/mol. The molecular formula is C40H47N5O9S. The number of hydrogen-bond donors (Lipinski definition) is 3. The minimum absolute atomic E-state index is 0.134. The minimum atomic E-state index is -4.41. The summed E-state index contributed by atoms with van der Waals surface area (Å²) in [5.41, 5.74) is 2.76. The molecule has 15 heteroatoms. The number of piperazine rings is 1. The van der Waals surface area contributed by atoms with Gasteiger partial charge in [0.05, 0.1) is 9.82 Å². The van der Waals surface area contributed by atoms with Gasteiger partial charge in [0.1, 0.15) is 11.3 Å². The van der Waals surface area contributed by atoms with Crippen LogP contribution < -0.4 is 14.9 Å². The van der Waals surface area contributed by atoms with Crippen molar-refractivity contribution in [3.05, 3.63) is 99.6 Å². The Hall–Kier alpha value is -4.99. The summed E-state index contributed by atoms with van der Waals surface area (Å²) in [6.07, 6.45) is 4.20. The van der Waals surface area contributed by atoms with Crippen LogP contribution in [0.3, 0.4) is 0 Å². The number of nitrogens with zero attached hydrogens (tertiary/aromatic N) is 3. The topological polar surface area (TPSA) is 181 Å². The van der Waals surface area contributed by atoms with E-state index in [1.165, 1.54) is 12.1 Å². The fraction of sp³-hybridized carbons (Fsp3) is 0.450. The number of rotatable bonds is 12. The lowest BCUT2D eigenvalue weighted by Gasteiger charge is -2.40. The van der Waals surface area contributed by atoms with Crippen molar-refractivity contribution in [3.63, 3.8) is 0 Å². The number of sulfonamides is 1. The third-order valence-corrected chi connectivity index (χ3v) is 13.4. The smallest absolute Gasteiger partial charge is 0.450 e. The summed E-state index contributed by atoms with van der Waals surface area (Å²) < 4.78 is 39.5. The van der Waals surface area contributed by atoms with Gasteiger partial charge in [-0.15, -0.1) is 0 Å². The van der Waals surface area contributed by atoms with Crippen molar-refractivity contribution in [2.75, 3.05) is 56.2 Å². The van der Waals surface area contributed by atoms with Crippen molar-refractivity contribution in [1.29, 1.82) is 0 Å². The second kappa shape index (κ2) is 15.3. The highest BCUT2D eigenvalue weighted by Crippen LogP contribution is 2.64. The normalized spacial score (nSPS) is 22.5. The first kappa shape index (κ1) is 38.3. The molecule has 1 amide bonds. The van der Waals surface area contributed by atoms with Gasteiger partial charge < -0.3 is 24.8 Å². The summed E-state index contributed by atoms with van der Waals surface area (Å²) in [5.74, 6) is -0.303. The molecule has 2 aliphatic heterocycles. The van der Waals surface area contributed by atoms with Crippen LogP contribution in [0.15, 0.2) is 77.7 Å². The van der Waals surface area contributed by atoms with E-state index in [2.05, 4.69) is 51.9 Å². The van der Waals surface area contributed by atoms with Crippen LogP contribution in [0.2, 0.25) is 0 Å². The molecule has 2 saturated heterocycles. The number of nitro benzene ring substituents is 1. The number of nitrogens with one attached hydrogen (secondary N) is 2. The molecule has 0 spiro atoms. The van der Waals surface area contributed by atoms with E-state index in [1.807, 2.05) is 12.1 Å². The summed E-state index contributed by atoms with van der Waals surface area (Å²) in [6.45, 7) is 9.67. The molecule has 3 N–H and O–H groups in total. The Bertz CT molecular complexity index is 2090. The molecule has 3 fully saturated rings. The van der Waals surface area contributed by atoms with E-state index in [0.29, 0.717) is 38.6 Å². The number of amides is 1.